The molecule has 0 heterocycles. The molecule has 0 aromatic heterocycles. The van der Waals surface area contributed by atoms with Crippen molar-refractivity contribution in [2.75, 3.05) is 0 Å². The number of fused-ring (bicyclic) bond motifs is 1. The second-order valence-corrected chi connectivity index (χ2v) is 5.94. The fourth-order valence-corrected chi connectivity index (χ4v) is 2.43. The Morgan fingerprint density at radius 2 is 2.11 bits per heavy atom. The van der Waals surface area contributed by atoms with Crippen molar-refractivity contribution in [3.8, 4) is 0 Å². The molecule has 0 radical (unpaired) electrons. The fraction of sp³-hybridized carbons (Fsp3) is 0.471. The average molecular weight is 242 g/mol. The summed E-state index contributed by atoms with van der Waals surface area (Å²) in [5, 5.41) is 0. The van der Waals surface area contributed by atoms with Gasteiger partial charge in [0.05, 0.1) is 0 Å². The van der Waals surface area contributed by atoms with E-state index < -0.39 is 0 Å². The van der Waals surface area contributed by atoms with E-state index in [1.165, 1.54) is 11.1 Å². The molecule has 0 bridgehead atoms. The molecule has 1 aromatic carbocycles. The lowest BCUT2D eigenvalue weighted by Gasteiger charge is -2.26. The molecule has 2 rings (SSSR count). The van der Waals surface area contributed by atoms with Crippen LogP contribution in [0.15, 0.2) is 24.3 Å². The molecular weight excluding hydrogens is 220 g/mol. The van der Waals surface area contributed by atoms with Gasteiger partial charge in [-0.2, -0.15) is 0 Å². The minimum absolute atomic E-state index is 0.237. The van der Waals surface area contributed by atoms with Crippen molar-refractivity contribution < 1.29 is 4.79 Å². The molecule has 0 aliphatic heterocycles. The molecule has 18 heavy (non-hydrogen) atoms. The van der Waals surface area contributed by atoms with Crippen molar-refractivity contribution >= 4 is 11.9 Å². The van der Waals surface area contributed by atoms with Crippen LogP contribution in [-0.4, -0.2) is 5.78 Å². The quantitative estimate of drug-likeness (QED) is 0.702. The summed E-state index contributed by atoms with van der Waals surface area (Å²) in [6, 6.07) is 6.17. The lowest BCUT2D eigenvalue weighted by atomic mass is 9.79. The Labute approximate surface area is 110 Å². The van der Waals surface area contributed by atoms with Crippen LogP contribution >= 0.6 is 0 Å². The van der Waals surface area contributed by atoms with E-state index in [1.54, 1.807) is 0 Å². The van der Waals surface area contributed by atoms with Gasteiger partial charge in [0.25, 0.3) is 0 Å². The van der Waals surface area contributed by atoms with E-state index in [-0.39, 0.29) is 11.2 Å². The highest BCUT2D eigenvalue weighted by Gasteiger charge is 2.21. The predicted molar refractivity (Wildman–Crippen MR) is 76.8 cm³/mol. The first-order valence-corrected chi connectivity index (χ1v) is 6.87. The second kappa shape index (κ2) is 5.09. The number of rotatable bonds is 4. The third-order valence-electron chi connectivity index (χ3n) is 3.59. The monoisotopic (exact) mass is 242 g/mol. The molecule has 96 valence electrons. The highest BCUT2D eigenvalue weighted by atomic mass is 16.1. The van der Waals surface area contributed by atoms with Gasteiger partial charge in [-0.1, -0.05) is 51.5 Å². The SMILES string of the molecule is CCCCC(=O)c1ccc2c(c1)C=CC(C)(C)C2. The van der Waals surface area contributed by atoms with Crippen molar-refractivity contribution in [2.24, 2.45) is 5.41 Å². The van der Waals surface area contributed by atoms with Crippen LogP contribution in [0.1, 0.15) is 61.5 Å². The zero-order valence-electron chi connectivity index (χ0n) is 11.6. The molecule has 0 spiro atoms. The molecular formula is C17H22O. The first-order valence-electron chi connectivity index (χ1n) is 6.87. The van der Waals surface area contributed by atoms with Crippen LogP contribution < -0.4 is 0 Å². The summed E-state index contributed by atoms with van der Waals surface area (Å²) >= 11 is 0. The van der Waals surface area contributed by atoms with Crippen molar-refractivity contribution in [3.05, 3.63) is 41.0 Å². The van der Waals surface area contributed by atoms with E-state index in [2.05, 4.69) is 45.1 Å². The van der Waals surface area contributed by atoms with Crippen LogP contribution in [0.3, 0.4) is 0 Å². The molecule has 1 heteroatoms. The van der Waals surface area contributed by atoms with Gasteiger partial charge < -0.3 is 0 Å². The summed E-state index contributed by atoms with van der Waals surface area (Å²) in [6.45, 7) is 6.60. The average Bonchev–Trinajstić information content (AvgIpc) is 2.34. The Morgan fingerprint density at radius 3 is 2.83 bits per heavy atom. The van der Waals surface area contributed by atoms with E-state index in [1.807, 2.05) is 6.07 Å². The maximum absolute atomic E-state index is 12.0. The minimum Gasteiger partial charge on any atom is -0.294 e. The van der Waals surface area contributed by atoms with Crippen LogP contribution in [0.25, 0.3) is 6.08 Å². The third-order valence-corrected chi connectivity index (χ3v) is 3.59. The maximum atomic E-state index is 12.0. The van der Waals surface area contributed by atoms with Gasteiger partial charge in [0.1, 0.15) is 0 Å². The van der Waals surface area contributed by atoms with Crippen LogP contribution in [0.5, 0.6) is 0 Å². The molecule has 0 N–H and O–H groups in total. The van der Waals surface area contributed by atoms with Gasteiger partial charge in [0, 0.05) is 12.0 Å². The van der Waals surface area contributed by atoms with Crippen molar-refractivity contribution in [1.82, 2.24) is 0 Å². The van der Waals surface area contributed by atoms with E-state index in [0.29, 0.717) is 6.42 Å². The second-order valence-electron chi connectivity index (χ2n) is 5.94. The lowest BCUT2D eigenvalue weighted by Crippen LogP contribution is -2.16. The van der Waals surface area contributed by atoms with Gasteiger partial charge in [-0.05, 0) is 35.4 Å². The maximum Gasteiger partial charge on any atom is 0.162 e. The van der Waals surface area contributed by atoms with E-state index in [4.69, 9.17) is 0 Å². The number of carbonyl (C=O) groups is 1. The van der Waals surface area contributed by atoms with Crippen molar-refractivity contribution in [1.29, 1.82) is 0 Å². The van der Waals surface area contributed by atoms with Gasteiger partial charge >= 0.3 is 0 Å². The molecule has 1 aromatic rings. The Balaban J connectivity index is 2.21. The zero-order chi connectivity index (χ0) is 13.2. The zero-order valence-corrected chi connectivity index (χ0v) is 11.6. The molecule has 0 saturated heterocycles. The van der Waals surface area contributed by atoms with Gasteiger partial charge in [-0.15, -0.1) is 0 Å². The highest BCUT2D eigenvalue weighted by Crippen LogP contribution is 2.32. The van der Waals surface area contributed by atoms with Crippen LogP contribution in [-0.2, 0) is 6.42 Å². The topological polar surface area (TPSA) is 17.1 Å². The molecule has 0 fully saturated rings. The summed E-state index contributed by atoms with van der Waals surface area (Å²) in [5.74, 6) is 0.276. The summed E-state index contributed by atoms with van der Waals surface area (Å²) in [5.41, 5.74) is 3.68. The summed E-state index contributed by atoms with van der Waals surface area (Å²) in [7, 11) is 0. The molecule has 0 saturated carbocycles. The van der Waals surface area contributed by atoms with Gasteiger partial charge in [-0.3, -0.25) is 4.79 Å². The van der Waals surface area contributed by atoms with Gasteiger partial charge in [0.15, 0.2) is 5.78 Å². The summed E-state index contributed by atoms with van der Waals surface area (Å²) in [6.07, 6.45) is 8.20. The number of ketones is 1. The molecule has 0 atom stereocenters. The third kappa shape index (κ3) is 2.90. The molecule has 1 aliphatic rings. The van der Waals surface area contributed by atoms with E-state index in [0.717, 1.165) is 24.8 Å². The Morgan fingerprint density at radius 1 is 1.33 bits per heavy atom. The van der Waals surface area contributed by atoms with Crippen LogP contribution in [0.4, 0.5) is 0 Å². The highest BCUT2D eigenvalue weighted by molar-refractivity contribution is 5.96. The number of hydrogen-bond donors (Lipinski definition) is 0. The number of unbranched alkanes of at least 4 members (excludes halogenated alkanes) is 1. The fourth-order valence-electron chi connectivity index (χ4n) is 2.43. The number of carbonyl (C=O) groups excluding carboxylic acids is 1. The smallest absolute Gasteiger partial charge is 0.162 e. The number of allylic oxidation sites excluding steroid dienone is 1. The largest absolute Gasteiger partial charge is 0.294 e. The Bertz CT molecular complexity index is 480. The number of benzene rings is 1. The van der Waals surface area contributed by atoms with E-state index >= 15 is 0 Å². The molecule has 1 nitrogen and oxygen atoms in total. The van der Waals surface area contributed by atoms with Crippen LogP contribution in [0.2, 0.25) is 0 Å². The lowest BCUT2D eigenvalue weighted by molar-refractivity contribution is 0.0979. The normalized spacial score (nSPS) is 16.4. The number of Topliss-reactive ketones (excluding diaryl/α,β-unsaturated/α-hetero) is 1. The Kier molecular flexibility index (Phi) is 3.70. The first-order chi connectivity index (χ1) is 8.52. The predicted octanol–water partition coefficient (Wildman–Crippen LogP) is 4.66. The summed E-state index contributed by atoms with van der Waals surface area (Å²) < 4.78 is 0. The van der Waals surface area contributed by atoms with E-state index in [9.17, 15) is 4.79 Å². The first kappa shape index (κ1) is 13.1. The number of hydrogen-bond acceptors (Lipinski definition) is 1. The summed E-state index contributed by atoms with van der Waals surface area (Å²) in [4.78, 5) is 12.0. The van der Waals surface area contributed by atoms with Crippen molar-refractivity contribution in [3.63, 3.8) is 0 Å². The Hall–Kier alpha value is -1.37. The molecule has 0 amide bonds. The van der Waals surface area contributed by atoms with Gasteiger partial charge in [-0.25, -0.2) is 0 Å². The molecule has 0 unspecified atom stereocenters. The molecule has 1 aliphatic carbocycles. The van der Waals surface area contributed by atoms with Gasteiger partial charge in [0.2, 0.25) is 0 Å². The standard InChI is InChI=1S/C17H22O/c1-4-5-6-16(18)14-7-8-15-12-17(2,3)10-9-13(15)11-14/h7-11H,4-6,12H2,1-3H3. The van der Waals surface area contributed by atoms with Crippen molar-refractivity contribution in [2.45, 2.75) is 46.5 Å². The van der Waals surface area contributed by atoms with Crippen LogP contribution in [0, 0.1) is 5.41 Å². The minimum atomic E-state index is 0.237.